The molecule has 0 fully saturated rings. The summed E-state index contributed by atoms with van der Waals surface area (Å²) < 4.78 is 13.1. The minimum absolute atomic E-state index is 0.0931. The molecular weight excluding hydrogens is 460 g/mol. The number of fused-ring (bicyclic) bond motifs is 1. The maximum atomic E-state index is 13.1. The van der Waals surface area contributed by atoms with Gasteiger partial charge in [0.05, 0.1) is 10.2 Å². The number of aliphatic hydroxyl groups is 1. The fourth-order valence-corrected chi connectivity index (χ4v) is 5.64. The van der Waals surface area contributed by atoms with E-state index in [1.165, 1.54) is 10.3 Å². The van der Waals surface area contributed by atoms with Crippen LogP contribution in [0.25, 0.3) is 20.8 Å². The first-order valence-corrected chi connectivity index (χ1v) is 13.1. The average molecular weight is 495 g/mol. The number of carbonyl (C=O) groups is 1. The summed E-state index contributed by atoms with van der Waals surface area (Å²) >= 11 is 1.66. The first kappa shape index (κ1) is 25.4. The number of thiazole rings is 1. The summed E-state index contributed by atoms with van der Waals surface area (Å²) in [5.74, 6) is 0.524. The maximum absolute atomic E-state index is 13.1. The first-order valence-electron chi connectivity index (χ1n) is 12.3. The van der Waals surface area contributed by atoms with Crippen molar-refractivity contribution in [1.29, 1.82) is 0 Å². The first-order chi connectivity index (χ1) is 16.9. The highest BCUT2D eigenvalue weighted by molar-refractivity contribution is 7.21. The third kappa shape index (κ3) is 5.92. The van der Waals surface area contributed by atoms with Gasteiger partial charge in [0.1, 0.15) is 5.01 Å². The molecule has 0 saturated heterocycles. The Morgan fingerprint density at radius 2 is 2.00 bits per heavy atom. The van der Waals surface area contributed by atoms with Gasteiger partial charge in [-0.3, -0.25) is 4.79 Å². The third-order valence-electron chi connectivity index (χ3n) is 6.38. The smallest absolute Gasteiger partial charge is 0.290 e. The zero-order chi connectivity index (χ0) is 24.9. The van der Waals surface area contributed by atoms with Crippen molar-refractivity contribution < 1.29 is 19.4 Å². The van der Waals surface area contributed by atoms with E-state index in [1.54, 1.807) is 11.3 Å². The Morgan fingerprint density at radius 3 is 2.69 bits per heavy atom. The van der Waals surface area contributed by atoms with E-state index in [9.17, 15) is 9.90 Å². The lowest BCUT2D eigenvalue weighted by Crippen LogP contribution is -2.40. The largest absolute Gasteiger partial charge is 0.459 e. The summed E-state index contributed by atoms with van der Waals surface area (Å²) in [6, 6.07) is 14.0. The third-order valence-corrected chi connectivity index (χ3v) is 7.45. The number of aliphatic hydroxyl groups excluding tert-OH is 1. The number of allylic oxidation sites excluding steroid dienone is 1. The molecule has 0 radical (unpaired) electrons. The van der Waals surface area contributed by atoms with Gasteiger partial charge in [-0.2, -0.15) is 0 Å². The van der Waals surface area contributed by atoms with Gasteiger partial charge in [0.25, 0.3) is 5.91 Å². The van der Waals surface area contributed by atoms with Crippen LogP contribution in [0.4, 0.5) is 5.69 Å². The molecule has 2 heterocycles. The van der Waals surface area contributed by atoms with E-state index < -0.39 is 6.29 Å². The van der Waals surface area contributed by atoms with Gasteiger partial charge in [0.2, 0.25) is 6.29 Å². The Bertz CT molecular complexity index is 1190. The molecule has 2 aromatic carbocycles. The van der Waals surface area contributed by atoms with Crippen LogP contribution >= 0.6 is 11.3 Å². The van der Waals surface area contributed by atoms with Crippen LogP contribution in [0, 0.1) is 24.7 Å². The Morgan fingerprint density at radius 1 is 1.23 bits per heavy atom. The fraction of sp³-hybridized carbons (Fsp3) is 0.429. The lowest BCUT2D eigenvalue weighted by molar-refractivity contribution is -0.173. The summed E-state index contributed by atoms with van der Waals surface area (Å²) in [7, 11) is 0. The van der Waals surface area contributed by atoms with E-state index in [0.29, 0.717) is 24.6 Å². The van der Waals surface area contributed by atoms with E-state index in [-0.39, 0.29) is 30.1 Å². The molecule has 186 valence electrons. The number of benzene rings is 2. The molecular formula is C28H34N2O4S. The molecule has 4 rings (SSSR count). The van der Waals surface area contributed by atoms with Gasteiger partial charge in [0, 0.05) is 30.4 Å². The second-order valence-corrected chi connectivity index (χ2v) is 10.4. The van der Waals surface area contributed by atoms with Crippen LogP contribution in [0.3, 0.4) is 0 Å². The van der Waals surface area contributed by atoms with Gasteiger partial charge >= 0.3 is 0 Å². The molecule has 1 aliphatic heterocycles. The number of aryl methyl sites for hydroxylation is 1. The Kier molecular flexibility index (Phi) is 8.21. The van der Waals surface area contributed by atoms with Crippen molar-refractivity contribution in [3.05, 3.63) is 59.9 Å². The highest BCUT2D eigenvalue weighted by Crippen LogP contribution is 2.37. The monoisotopic (exact) mass is 494 g/mol. The zero-order valence-electron chi connectivity index (χ0n) is 20.8. The van der Waals surface area contributed by atoms with Crippen LogP contribution in [-0.2, 0) is 14.3 Å². The lowest BCUT2D eigenvalue weighted by atomic mass is 9.78. The molecule has 1 aromatic heterocycles. The molecule has 1 aliphatic rings. The number of hydrogen-bond acceptors (Lipinski definition) is 6. The van der Waals surface area contributed by atoms with Gasteiger partial charge < -0.3 is 19.9 Å². The van der Waals surface area contributed by atoms with Gasteiger partial charge in [-0.15, -0.1) is 11.3 Å². The number of anilines is 1. The molecule has 0 bridgehead atoms. The molecule has 1 amide bonds. The minimum Gasteiger partial charge on any atom is -0.459 e. The van der Waals surface area contributed by atoms with Crippen LogP contribution in [0.5, 0.6) is 0 Å². The van der Waals surface area contributed by atoms with E-state index in [1.807, 2.05) is 43.3 Å². The van der Waals surface area contributed by atoms with E-state index in [0.717, 1.165) is 22.5 Å². The van der Waals surface area contributed by atoms with Crippen molar-refractivity contribution in [2.75, 3.05) is 18.5 Å². The predicted octanol–water partition coefficient (Wildman–Crippen LogP) is 6.15. The molecule has 35 heavy (non-hydrogen) atoms. The standard InChI is InChI=1S/C28H34N2O4S/c1-5-33-28-21(7-6-14-31)22(17(2)3)16-24(34-28)26(32)29-20-11-9-19(10-12-20)27-30-23-13-8-18(4)15-25(23)35-27/h8-13,15-17,21-22,28,31H,5-7,14H2,1-4H3,(H,29,32). The zero-order valence-corrected chi connectivity index (χ0v) is 21.6. The topological polar surface area (TPSA) is 80.7 Å². The summed E-state index contributed by atoms with van der Waals surface area (Å²) in [6.07, 6.45) is 2.88. The molecule has 3 aromatic rings. The molecule has 0 saturated carbocycles. The number of amides is 1. The predicted molar refractivity (Wildman–Crippen MR) is 141 cm³/mol. The molecule has 7 heteroatoms. The summed E-state index contributed by atoms with van der Waals surface area (Å²) in [5, 5.41) is 13.2. The fourth-order valence-electron chi connectivity index (χ4n) is 4.57. The van der Waals surface area contributed by atoms with Crippen molar-refractivity contribution in [1.82, 2.24) is 4.98 Å². The lowest BCUT2D eigenvalue weighted by Gasteiger charge is -2.38. The second-order valence-electron chi connectivity index (χ2n) is 9.35. The Labute approximate surface area is 211 Å². The number of ether oxygens (including phenoxy) is 2. The summed E-state index contributed by atoms with van der Waals surface area (Å²) in [6.45, 7) is 8.90. The van der Waals surface area contributed by atoms with E-state index in [4.69, 9.17) is 14.5 Å². The molecule has 0 spiro atoms. The molecule has 2 N–H and O–H groups in total. The SMILES string of the molecule is CCOC1OC(C(=O)Nc2ccc(-c3nc4ccc(C)cc4s3)cc2)=CC(C(C)C)C1CCCO. The highest BCUT2D eigenvalue weighted by atomic mass is 32.1. The van der Waals surface area contributed by atoms with E-state index >= 15 is 0 Å². The number of aromatic nitrogens is 1. The van der Waals surface area contributed by atoms with Crippen LogP contribution < -0.4 is 5.32 Å². The average Bonchev–Trinajstić information content (AvgIpc) is 3.26. The van der Waals surface area contributed by atoms with Gasteiger partial charge in [-0.25, -0.2) is 4.98 Å². The molecule has 6 nitrogen and oxygen atoms in total. The van der Waals surface area contributed by atoms with Crippen LogP contribution in [0.15, 0.2) is 54.3 Å². The number of nitrogens with zero attached hydrogens (tertiary/aromatic N) is 1. The van der Waals surface area contributed by atoms with Crippen LogP contribution in [0.2, 0.25) is 0 Å². The van der Waals surface area contributed by atoms with Gasteiger partial charge in [-0.05, 0) is 86.6 Å². The molecule has 3 unspecified atom stereocenters. The summed E-state index contributed by atoms with van der Waals surface area (Å²) in [5.41, 5.74) is 3.92. The molecule has 0 aliphatic carbocycles. The van der Waals surface area contributed by atoms with Crippen molar-refractivity contribution in [3.63, 3.8) is 0 Å². The van der Waals surface area contributed by atoms with Crippen molar-refractivity contribution >= 4 is 33.1 Å². The summed E-state index contributed by atoms with van der Waals surface area (Å²) in [4.78, 5) is 17.8. The van der Waals surface area contributed by atoms with Crippen molar-refractivity contribution in [2.24, 2.45) is 17.8 Å². The van der Waals surface area contributed by atoms with Gasteiger partial charge in [0.15, 0.2) is 5.76 Å². The van der Waals surface area contributed by atoms with Crippen LogP contribution in [-0.4, -0.2) is 35.5 Å². The van der Waals surface area contributed by atoms with Gasteiger partial charge in [-0.1, -0.05) is 19.9 Å². The maximum Gasteiger partial charge on any atom is 0.290 e. The number of rotatable bonds is 9. The van der Waals surface area contributed by atoms with Crippen molar-refractivity contribution in [2.45, 2.75) is 46.8 Å². The van der Waals surface area contributed by atoms with Crippen LogP contribution in [0.1, 0.15) is 39.2 Å². The number of nitrogens with one attached hydrogen (secondary N) is 1. The Balaban J connectivity index is 1.49. The number of carbonyl (C=O) groups excluding carboxylic acids is 1. The van der Waals surface area contributed by atoms with Crippen molar-refractivity contribution in [3.8, 4) is 10.6 Å². The number of hydrogen-bond donors (Lipinski definition) is 2. The molecule has 3 atom stereocenters. The normalized spacial score (nSPS) is 20.1. The van der Waals surface area contributed by atoms with E-state index in [2.05, 4.69) is 38.2 Å². The minimum atomic E-state index is -0.505. The second kappa shape index (κ2) is 11.3. The quantitative estimate of drug-likeness (QED) is 0.373. The highest BCUT2D eigenvalue weighted by Gasteiger charge is 2.38. The Hall–Kier alpha value is -2.74.